The largest absolute Gasteiger partial charge is 0.411 e. The molecule has 0 rings (SSSR count). The van der Waals surface area contributed by atoms with Crippen molar-refractivity contribution in [3.05, 3.63) is 0 Å². The molecule has 5 nitrogen and oxygen atoms in total. The molecule has 0 aromatic rings. The Bertz CT molecular complexity index is 211. The number of hydrogen-bond acceptors (Lipinski definition) is 5. The summed E-state index contributed by atoms with van der Waals surface area (Å²) in [5, 5.41) is 10.8. The highest BCUT2D eigenvalue weighted by atomic mass is 31.1. The number of unbranched alkanes of at least 4 members (excludes halogenated alkanes) is 1. The Kier molecular flexibility index (Phi) is 10.9. The van der Waals surface area contributed by atoms with E-state index in [-0.39, 0.29) is 6.61 Å². The SMILES string of the molecule is CCCCC(CC)CO[PH](=O)OCC=NO. The van der Waals surface area contributed by atoms with Gasteiger partial charge in [-0.25, -0.2) is 0 Å². The van der Waals surface area contributed by atoms with Crippen LogP contribution in [0.3, 0.4) is 0 Å². The summed E-state index contributed by atoms with van der Waals surface area (Å²) in [6.45, 7) is 4.73. The minimum Gasteiger partial charge on any atom is -0.411 e. The van der Waals surface area contributed by atoms with Gasteiger partial charge in [0.25, 0.3) is 0 Å². The minimum atomic E-state index is -2.44. The van der Waals surface area contributed by atoms with E-state index in [9.17, 15) is 4.57 Å². The first-order chi connectivity index (χ1) is 7.74. The third kappa shape index (κ3) is 8.89. The molecule has 0 bridgehead atoms. The lowest BCUT2D eigenvalue weighted by atomic mass is 10.0. The lowest BCUT2D eigenvalue weighted by molar-refractivity contribution is 0.199. The fraction of sp³-hybridized carbons (Fsp3) is 0.900. The fourth-order valence-electron chi connectivity index (χ4n) is 1.26. The molecule has 0 heterocycles. The zero-order valence-electron chi connectivity index (χ0n) is 10.0. The molecule has 0 fully saturated rings. The topological polar surface area (TPSA) is 68.1 Å². The van der Waals surface area contributed by atoms with E-state index < -0.39 is 8.25 Å². The summed E-state index contributed by atoms with van der Waals surface area (Å²) in [4.78, 5) is 0. The van der Waals surface area contributed by atoms with Crippen LogP contribution in [0.15, 0.2) is 5.16 Å². The van der Waals surface area contributed by atoms with Crippen LogP contribution in [-0.2, 0) is 13.6 Å². The average molecular weight is 251 g/mol. The van der Waals surface area contributed by atoms with Crippen LogP contribution in [0.25, 0.3) is 0 Å². The van der Waals surface area contributed by atoms with E-state index in [2.05, 4.69) is 19.0 Å². The van der Waals surface area contributed by atoms with Gasteiger partial charge >= 0.3 is 8.25 Å². The second-order valence-corrected chi connectivity index (χ2v) is 4.66. The van der Waals surface area contributed by atoms with Crippen LogP contribution >= 0.6 is 8.25 Å². The summed E-state index contributed by atoms with van der Waals surface area (Å²) < 4.78 is 21.1. The summed E-state index contributed by atoms with van der Waals surface area (Å²) in [6, 6.07) is 0. The van der Waals surface area contributed by atoms with Gasteiger partial charge in [-0.1, -0.05) is 38.3 Å². The second-order valence-electron chi connectivity index (χ2n) is 3.59. The summed E-state index contributed by atoms with van der Waals surface area (Å²) in [6.07, 6.45) is 5.57. The van der Waals surface area contributed by atoms with E-state index in [1.165, 1.54) is 6.42 Å². The van der Waals surface area contributed by atoms with Gasteiger partial charge in [0.05, 0.1) is 19.4 Å². The van der Waals surface area contributed by atoms with Crippen molar-refractivity contribution in [2.24, 2.45) is 11.1 Å². The maximum absolute atomic E-state index is 11.2. The summed E-state index contributed by atoms with van der Waals surface area (Å²) >= 11 is 0. The van der Waals surface area contributed by atoms with Gasteiger partial charge in [0, 0.05) is 0 Å². The maximum atomic E-state index is 11.2. The summed E-state index contributed by atoms with van der Waals surface area (Å²) in [7, 11) is -2.44. The highest BCUT2D eigenvalue weighted by Crippen LogP contribution is 2.26. The Morgan fingerprint density at radius 3 is 2.75 bits per heavy atom. The van der Waals surface area contributed by atoms with E-state index >= 15 is 0 Å². The molecule has 0 spiro atoms. The molecule has 0 aromatic heterocycles. The number of oxime groups is 1. The Morgan fingerprint density at radius 2 is 2.19 bits per heavy atom. The van der Waals surface area contributed by atoms with Gasteiger partial charge in [-0.05, 0) is 12.3 Å². The molecule has 0 amide bonds. The number of rotatable bonds is 10. The second kappa shape index (κ2) is 11.1. The van der Waals surface area contributed by atoms with Gasteiger partial charge in [0.2, 0.25) is 0 Å². The standard InChI is InChI=1S/C10H22NO4P/c1-3-5-6-10(4-2)9-15-16(13)14-8-7-11-12/h7,10,12,16H,3-6,8-9H2,1-2H3. The molecule has 2 unspecified atom stereocenters. The third-order valence-electron chi connectivity index (χ3n) is 2.34. The molecule has 0 aliphatic carbocycles. The number of nitrogens with zero attached hydrogens (tertiary/aromatic N) is 1. The molecular formula is C10H22NO4P. The van der Waals surface area contributed by atoms with E-state index in [1.807, 2.05) is 0 Å². The van der Waals surface area contributed by atoms with Crippen LogP contribution in [0.1, 0.15) is 39.5 Å². The Morgan fingerprint density at radius 1 is 1.44 bits per heavy atom. The average Bonchev–Trinajstić information content (AvgIpc) is 2.30. The summed E-state index contributed by atoms with van der Waals surface area (Å²) in [5.41, 5.74) is 0. The van der Waals surface area contributed by atoms with Crippen LogP contribution in [0, 0.1) is 5.92 Å². The summed E-state index contributed by atoms with van der Waals surface area (Å²) in [5.74, 6) is 0.448. The molecule has 0 saturated heterocycles. The van der Waals surface area contributed by atoms with E-state index in [1.54, 1.807) is 0 Å². The molecule has 0 aromatic carbocycles. The van der Waals surface area contributed by atoms with Gasteiger partial charge in [-0.15, -0.1) is 0 Å². The maximum Gasteiger partial charge on any atom is 0.319 e. The monoisotopic (exact) mass is 251 g/mol. The Labute approximate surface area is 97.8 Å². The van der Waals surface area contributed by atoms with Gasteiger partial charge in [0.15, 0.2) is 0 Å². The lowest BCUT2D eigenvalue weighted by Gasteiger charge is -2.13. The van der Waals surface area contributed by atoms with Crippen molar-refractivity contribution in [2.75, 3.05) is 13.2 Å². The van der Waals surface area contributed by atoms with Crippen LogP contribution in [-0.4, -0.2) is 24.6 Å². The van der Waals surface area contributed by atoms with Crippen molar-refractivity contribution in [1.82, 2.24) is 0 Å². The Balaban J connectivity index is 3.61. The minimum absolute atomic E-state index is 0.0139. The molecule has 0 saturated carbocycles. The predicted molar refractivity (Wildman–Crippen MR) is 64.5 cm³/mol. The van der Waals surface area contributed by atoms with E-state index in [0.29, 0.717) is 12.5 Å². The van der Waals surface area contributed by atoms with E-state index in [4.69, 9.17) is 14.3 Å². The quantitative estimate of drug-likeness (QED) is 0.280. The van der Waals surface area contributed by atoms with Gasteiger partial charge in [-0.3, -0.25) is 4.57 Å². The highest BCUT2D eigenvalue weighted by Gasteiger charge is 2.08. The number of hydrogen-bond donors (Lipinski definition) is 1. The normalized spacial score (nSPS) is 15.4. The van der Waals surface area contributed by atoms with Crippen molar-refractivity contribution in [2.45, 2.75) is 39.5 Å². The lowest BCUT2D eigenvalue weighted by Crippen LogP contribution is -2.06. The molecule has 0 radical (unpaired) electrons. The van der Waals surface area contributed by atoms with Gasteiger partial charge < -0.3 is 14.3 Å². The van der Waals surface area contributed by atoms with Crippen molar-refractivity contribution in [3.8, 4) is 0 Å². The fourth-order valence-corrected chi connectivity index (χ4v) is 1.93. The van der Waals surface area contributed by atoms with Crippen LogP contribution < -0.4 is 0 Å². The molecule has 1 N–H and O–H groups in total. The van der Waals surface area contributed by atoms with Crippen LogP contribution in [0.5, 0.6) is 0 Å². The first-order valence-corrected chi connectivity index (χ1v) is 6.92. The molecule has 0 aliphatic rings. The molecule has 6 heteroatoms. The van der Waals surface area contributed by atoms with Crippen molar-refractivity contribution < 1.29 is 18.8 Å². The Hall–Kier alpha value is -0.380. The molecule has 16 heavy (non-hydrogen) atoms. The smallest absolute Gasteiger partial charge is 0.319 e. The molecule has 0 aliphatic heterocycles. The first-order valence-electron chi connectivity index (χ1n) is 5.70. The third-order valence-corrected chi connectivity index (χ3v) is 3.14. The zero-order valence-corrected chi connectivity index (χ0v) is 11.0. The van der Waals surface area contributed by atoms with Gasteiger partial charge in [0.1, 0.15) is 0 Å². The van der Waals surface area contributed by atoms with Crippen molar-refractivity contribution >= 4 is 14.5 Å². The zero-order chi connectivity index (χ0) is 12.2. The van der Waals surface area contributed by atoms with Crippen LogP contribution in [0.2, 0.25) is 0 Å². The molecule has 2 atom stereocenters. The van der Waals surface area contributed by atoms with Crippen molar-refractivity contribution in [3.63, 3.8) is 0 Å². The predicted octanol–water partition coefficient (Wildman–Crippen LogP) is 3.09. The van der Waals surface area contributed by atoms with Gasteiger partial charge in [-0.2, -0.15) is 0 Å². The van der Waals surface area contributed by atoms with E-state index in [0.717, 1.165) is 25.5 Å². The first kappa shape index (κ1) is 15.6. The van der Waals surface area contributed by atoms with Crippen molar-refractivity contribution in [1.29, 1.82) is 0 Å². The highest BCUT2D eigenvalue weighted by molar-refractivity contribution is 7.33. The molecule has 96 valence electrons. The van der Waals surface area contributed by atoms with Crippen LogP contribution in [0.4, 0.5) is 0 Å². The molecular weight excluding hydrogens is 229 g/mol.